The Balaban J connectivity index is 2.05. The van der Waals surface area contributed by atoms with Gasteiger partial charge in [-0.05, 0) is 31.7 Å². The van der Waals surface area contributed by atoms with Crippen LogP contribution in [-0.4, -0.2) is 18.9 Å². The molecule has 0 spiro atoms. The first-order valence-corrected chi connectivity index (χ1v) is 6.69. The summed E-state index contributed by atoms with van der Waals surface area (Å²) in [4.78, 5) is 12.1. The number of likely N-dealkylation sites (N-methyl/N-ethyl adjacent to an activating group) is 1. The molecule has 0 radical (unpaired) electrons. The van der Waals surface area contributed by atoms with E-state index in [0.717, 1.165) is 5.56 Å². The zero-order chi connectivity index (χ0) is 14.4. The zero-order valence-electron chi connectivity index (χ0n) is 11.8. The van der Waals surface area contributed by atoms with Crippen molar-refractivity contribution in [2.75, 3.05) is 7.05 Å². The predicted octanol–water partition coefficient (Wildman–Crippen LogP) is 3.06. The van der Waals surface area contributed by atoms with Crippen molar-refractivity contribution in [1.29, 1.82) is 0 Å². The molecule has 0 aliphatic heterocycles. The lowest BCUT2D eigenvalue weighted by Gasteiger charge is -2.11. The van der Waals surface area contributed by atoms with E-state index in [1.807, 2.05) is 55.5 Å². The van der Waals surface area contributed by atoms with Gasteiger partial charge in [-0.2, -0.15) is 0 Å². The minimum absolute atomic E-state index is 0.0673. The maximum atomic E-state index is 12.1. The summed E-state index contributed by atoms with van der Waals surface area (Å²) in [6, 6.07) is 17.1. The molecule has 3 heteroatoms. The monoisotopic (exact) mass is 269 g/mol. The van der Waals surface area contributed by atoms with Gasteiger partial charge in [0.25, 0.3) is 0 Å². The van der Waals surface area contributed by atoms with Gasteiger partial charge in [0.05, 0.1) is 6.04 Å². The molecule has 0 saturated heterocycles. The van der Waals surface area contributed by atoms with Crippen LogP contribution in [0.4, 0.5) is 0 Å². The predicted molar refractivity (Wildman–Crippen MR) is 80.1 cm³/mol. The lowest BCUT2D eigenvalue weighted by molar-refractivity contribution is 0.0954. The number of carbonyl (C=O) groups is 1. The summed E-state index contributed by atoms with van der Waals surface area (Å²) < 4.78 is 5.72. The fraction of sp³-hybridized carbons (Fsp3) is 0.235. The highest BCUT2D eigenvalue weighted by Gasteiger charge is 2.13. The van der Waals surface area contributed by atoms with Crippen molar-refractivity contribution in [1.82, 2.24) is 5.32 Å². The second-order valence-electron chi connectivity index (χ2n) is 4.68. The largest absolute Gasteiger partial charge is 0.489 e. The van der Waals surface area contributed by atoms with Gasteiger partial charge in [-0.15, -0.1) is 0 Å². The first-order chi connectivity index (χ1) is 9.70. The van der Waals surface area contributed by atoms with E-state index in [1.165, 1.54) is 0 Å². The number of benzene rings is 2. The Morgan fingerprint density at radius 2 is 1.90 bits per heavy atom. The number of Topliss-reactive ketones (excluding diaryl/α,β-unsaturated/α-hetero) is 1. The van der Waals surface area contributed by atoms with Crippen molar-refractivity contribution >= 4 is 5.78 Å². The average molecular weight is 269 g/mol. The molecule has 2 aromatic carbocycles. The molecular weight excluding hydrogens is 250 g/mol. The van der Waals surface area contributed by atoms with E-state index in [2.05, 4.69) is 5.32 Å². The fourth-order valence-corrected chi connectivity index (χ4v) is 1.86. The molecule has 2 rings (SSSR count). The minimum Gasteiger partial charge on any atom is -0.489 e. The Labute approximate surface area is 119 Å². The Morgan fingerprint density at radius 3 is 2.60 bits per heavy atom. The van der Waals surface area contributed by atoms with Crippen LogP contribution in [0.2, 0.25) is 0 Å². The van der Waals surface area contributed by atoms with E-state index in [4.69, 9.17) is 4.74 Å². The molecule has 1 unspecified atom stereocenters. The van der Waals surface area contributed by atoms with E-state index in [-0.39, 0.29) is 11.8 Å². The van der Waals surface area contributed by atoms with Gasteiger partial charge in [0, 0.05) is 5.56 Å². The third-order valence-corrected chi connectivity index (χ3v) is 3.19. The second kappa shape index (κ2) is 6.87. The van der Waals surface area contributed by atoms with Crippen LogP contribution < -0.4 is 10.1 Å². The van der Waals surface area contributed by atoms with Crippen LogP contribution in [0.15, 0.2) is 54.6 Å². The van der Waals surface area contributed by atoms with Gasteiger partial charge in [-0.25, -0.2) is 0 Å². The SMILES string of the molecule is CNC(C)C(=O)c1cccc(OCc2ccccc2)c1. The Kier molecular flexibility index (Phi) is 4.91. The Bertz CT molecular complexity index is 566. The summed E-state index contributed by atoms with van der Waals surface area (Å²) in [6.07, 6.45) is 0. The maximum absolute atomic E-state index is 12.1. The maximum Gasteiger partial charge on any atom is 0.179 e. The molecule has 0 heterocycles. The molecular formula is C17H19NO2. The molecule has 0 amide bonds. The van der Waals surface area contributed by atoms with E-state index < -0.39 is 0 Å². The van der Waals surface area contributed by atoms with Gasteiger partial charge >= 0.3 is 0 Å². The summed E-state index contributed by atoms with van der Waals surface area (Å²) in [5, 5.41) is 2.95. The van der Waals surface area contributed by atoms with E-state index >= 15 is 0 Å². The highest BCUT2D eigenvalue weighted by atomic mass is 16.5. The number of hydrogen-bond acceptors (Lipinski definition) is 3. The number of ether oxygens (including phenoxy) is 1. The third kappa shape index (κ3) is 3.68. The fourth-order valence-electron chi connectivity index (χ4n) is 1.86. The van der Waals surface area contributed by atoms with Crippen LogP contribution in [0.5, 0.6) is 5.75 Å². The van der Waals surface area contributed by atoms with E-state index in [0.29, 0.717) is 17.9 Å². The van der Waals surface area contributed by atoms with E-state index in [9.17, 15) is 4.79 Å². The molecule has 1 atom stereocenters. The molecule has 0 aliphatic rings. The topological polar surface area (TPSA) is 38.3 Å². The van der Waals surface area contributed by atoms with Gasteiger partial charge in [0.1, 0.15) is 12.4 Å². The summed E-state index contributed by atoms with van der Waals surface area (Å²) in [7, 11) is 1.78. The van der Waals surface area contributed by atoms with Gasteiger partial charge in [-0.1, -0.05) is 42.5 Å². The molecule has 0 aliphatic carbocycles. The van der Waals surface area contributed by atoms with Gasteiger partial charge in [0.15, 0.2) is 5.78 Å². The number of nitrogens with one attached hydrogen (secondary N) is 1. The average Bonchev–Trinajstić information content (AvgIpc) is 2.52. The number of ketones is 1. The standard InChI is InChI=1S/C17H19NO2/c1-13(18-2)17(19)15-9-6-10-16(11-15)20-12-14-7-4-3-5-8-14/h3-11,13,18H,12H2,1-2H3. The van der Waals surface area contributed by atoms with Crippen molar-refractivity contribution in [3.63, 3.8) is 0 Å². The van der Waals surface area contributed by atoms with Gasteiger partial charge < -0.3 is 10.1 Å². The normalized spacial score (nSPS) is 11.9. The van der Waals surface area contributed by atoms with Crippen molar-refractivity contribution in [2.45, 2.75) is 19.6 Å². The summed E-state index contributed by atoms with van der Waals surface area (Å²) in [5.41, 5.74) is 1.77. The summed E-state index contributed by atoms with van der Waals surface area (Å²) in [6.45, 7) is 2.35. The molecule has 0 fully saturated rings. The molecule has 0 saturated carbocycles. The number of carbonyl (C=O) groups excluding carboxylic acids is 1. The van der Waals surface area contributed by atoms with Crippen molar-refractivity contribution in [2.24, 2.45) is 0 Å². The molecule has 104 valence electrons. The zero-order valence-corrected chi connectivity index (χ0v) is 11.8. The van der Waals surface area contributed by atoms with Crippen LogP contribution in [-0.2, 0) is 6.61 Å². The summed E-state index contributed by atoms with van der Waals surface area (Å²) >= 11 is 0. The molecule has 2 aromatic rings. The number of rotatable bonds is 6. The van der Waals surface area contributed by atoms with Crippen LogP contribution >= 0.6 is 0 Å². The molecule has 0 aromatic heterocycles. The van der Waals surface area contributed by atoms with Crippen molar-refractivity contribution in [3.05, 3.63) is 65.7 Å². The molecule has 20 heavy (non-hydrogen) atoms. The van der Waals surface area contributed by atoms with Gasteiger partial charge in [-0.3, -0.25) is 4.79 Å². The Morgan fingerprint density at radius 1 is 1.15 bits per heavy atom. The van der Waals surface area contributed by atoms with Crippen molar-refractivity contribution in [3.8, 4) is 5.75 Å². The minimum atomic E-state index is -0.195. The van der Waals surface area contributed by atoms with Crippen LogP contribution in [0.25, 0.3) is 0 Å². The van der Waals surface area contributed by atoms with Crippen LogP contribution in [0, 0.1) is 0 Å². The third-order valence-electron chi connectivity index (χ3n) is 3.19. The van der Waals surface area contributed by atoms with Crippen LogP contribution in [0.1, 0.15) is 22.8 Å². The van der Waals surface area contributed by atoms with E-state index in [1.54, 1.807) is 13.1 Å². The molecule has 1 N–H and O–H groups in total. The smallest absolute Gasteiger partial charge is 0.179 e. The highest BCUT2D eigenvalue weighted by molar-refractivity contribution is 6.00. The van der Waals surface area contributed by atoms with Crippen molar-refractivity contribution < 1.29 is 9.53 Å². The highest BCUT2D eigenvalue weighted by Crippen LogP contribution is 2.16. The first kappa shape index (κ1) is 14.3. The lowest BCUT2D eigenvalue weighted by Crippen LogP contribution is -2.30. The lowest BCUT2D eigenvalue weighted by atomic mass is 10.1. The molecule has 0 bridgehead atoms. The second-order valence-corrected chi connectivity index (χ2v) is 4.68. The van der Waals surface area contributed by atoms with Gasteiger partial charge in [0.2, 0.25) is 0 Å². The first-order valence-electron chi connectivity index (χ1n) is 6.69. The van der Waals surface area contributed by atoms with Crippen LogP contribution in [0.3, 0.4) is 0 Å². The summed E-state index contributed by atoms with van der Waals surface area (Å²) in [5.74, 6) is 0.778. The molecule has 3 nitrogen and oxygen atoms in total. The number of hydrogen-bond donors (Lipinski definition) is 1. The Hall–Kier alpha value is -2.13. The quantitative estimate of drug-likeness (QED) is 0.819.